The summed E-state index contributed by atoms with van der Waals surface area (Å²) >= 11 is 0. The van der Waals surface area contributed by atoms with Gasteiger partial charge in [-0.2, -0.15) is 0 Å². The Kier molecular flexibility index (Phi) is 8.17. The van der Waals surface area contributed by atoms with Gasteiger partial charge in [0.15, 0.2) is 0 Å². The molecule has 3 fully saturated rings. The molecule has 5 heteroatoms. The number of benzene rings is 2. The normalized spacial score (nSPS) is 25.5. The van der Waals surface area contributed by atoms with Gasteiger partial charge >= 0.3 is 0 Å². The van der Waals surface area contributed by atoms with Crippen molar-refractivity contribution in [3.05, 3.63) is 71.3 Å². The van der Waals surface area contributed by atoms with E-state index in [2.05, 4.69) is 81.5 Å². The summed E-state index contributed by atoms with van der Waals surface area (Å²) in [6.07, 6.45) is 4.16. The second-order valence-corrected chi connectivity index (χ2v) is 11.1. The highest BCUT2D eigenvalue weighted by Gasteiger charge is 2.36. The van der Waals surface area contributed by atoms with Gasteiger partial charge in [-0.1, -0.05) is 60.2 Å². The van der Waals surface area contributed by atoms with Crippen LogP contribution in [0.25, 0.3) is 0 Å². The Morgan fingerprint density at radius 2 is 1.60 bits per heavy atom. The monoisotopic (exact) mass is 474 g/mol. The van der Waals surface area contributed by atoms with Gasteiger partial charge in [-0.15, -0.1) is 0 Å². The van der Waals surface area contributed by atoms with Gasteiger partial charge in [0.2, 0.25) is 5.91 Å². The lowest BCUT2D eigenvalue weighted by molar-refractivity contribution is -0.133. The molecular weight excluding hydrogens is 432 g/mol. The van der Waals surface area contributed by atoms with E-state index >= 15 is 0 Å². The van der Waals surface area contributed by atoms with Crippen LogP contribution in [0.4, 0.5) is 0 Å². The maximum atomic E-state index is 12.9. The molecule has 0 aromatic heterocycles. The number of piperazine rings is 1. The van der Waals surface area contributed by atoms with Crippen LogP contribution >= 0.6 is 0 Å². The predicted molar refractivity (Wildman–Crippen MR) is 142 cm³/mol. The molecule has 2 aromatic carbocycles. The van der Waals surface area contributed by atoms with Gasteiger partial charge in [0.25, 0.3) is 0 Å². The van der Waals surface area contributed by atoms with E-state index in [9.17, 15) is 4.79 Å². The van der Waals surface area contributed by atoms with Crippen LogP contribution in [0.2, 0.25) is 0 Å². The number of rotatable bonds is 8. The number of fused-ring (bicyclic) bond motifs is 2. The summed E-state index contributed by atoms with van der Waals surface area (Å²) in [6.45, 7) is 11.4. The van der Waals surface area contributed by atoms with Gasteiger partial charge in [0, 0.05) is 64.8 Å². The molecule has 2 bridgehead atoms. The highest BCUT2D eigenvalue weighted by atomic mass is 16.2. The molecule has 3 atom stereocenters. The molecule has 2 unspecified atom stereocenters. The number of nitrogens with one attached hydrogen (secondary N) is 1. The van der Waals surface area contributed by atoms with Crippen molar-refractivity contribution in [2.24, 2.45) is 11.8 Å². The lowest BCUT2D eigenvalue weighted by Gasteiger charge is -2.46. The first-order chi connectivity index (χ1) is 17.1. The van der Waals surface area contributed by atoms with E-state index < -0.39 is 0 Å². The second-order valence-electron chi connectivity index (χ2n) is 11.1. The zero-order valence-corrected chi connectivity index (χ0v) is 21.4. The molecule has 0 radical (unpaired) electrons. The lowest BCUT2D eigenvalue weighted by Crippen LogP contribution is -2.55. The van der Waals surface area contributed by atoms with Gasteiger partial charge in [-0.25, -0.2) is 0 Å². The van der Waals surface area contributed by atoms with Gasteiger partial charge in [0.05, 0.1) is 0 Å². The van der Waals surface area contributed by atoms with Gasteiger partial charge in [-0.05, 0) is 55.7 Å². The van der Waals surface area contributed by atoms with Crippen molar-refractivity contribution in [3.8, 4) is 0 Å². The third kappa shape index (κ3) is 6.72. The van der Waals surface area contributed by atoms with Crippen molar-refractivity contribution in [1.29, 1.82) is 0 Å². The number of nitrogens with zero attached hydrogens (tertiary/aromatic N) is 3. The standard InChI is InChI=1S/C30H42N4O/c1-24-10-12-26(13-11-24)20-32-14-16-34(17-15-32)30(35)9-5-8-29-28-18-27(19-31-29)22-33(23-28)21-25-6-3-2-4-7-25/h2-4,6-7,10-13,27-29,31H,5,8-9,14-23H2,1H3/t27?,28?,29-/m1/s1. The van der Waals surface area contributed by atoms with Gasteiger partial charge in [0.1, 0.15) is 0 Å². The van der Waals surface area contributed by atoms with Crippen molar-refractivity contribution < 1.29 is 4.79 Å². The number of aryl methyl sites for hydroxylation is 1. The van der Waals surface area contributed by atoms with Crippen molar-refractivity contribution in [2.45, 2.75) is 51.7 Å². The van der Waals surface area contributed by atoms with Crippen LogP contribution in [0.1, 0.15) is 42.4 Å². The van der Waals surface area contributed by atoms with E-state index in [1.165, 1.54) is 36.2 Å². The van der Waals surface area contributed by atoms with E-state index in [1.54, 1.807) is 0 Å². The summed E-state index contributed by atoms with van der Waals surface area (Å²) in [5.41, 5.74) is 4.09. The molecule has 0 spiro atoms. The Hall–Kier alpha value is -2.21. The number of hydrogen-bond donors (Lipinski definition) is 1. The van der Waals surface area contributed by atoms with E-state index in [-0.39, 0.29) is 0 Å². The van der Waals surface area contributed by atoms with Crippen LogP contribution in [0.15, 0.2) is 54.6 Å². The molecule has 1 amide bonds. The number of likely N-dealkylation sites (tertiary alicyclic amines) is 1. The predicted octanol–water partition coefficient (Wildman–Crippen LogP) is 3.92. The smallest absolute Gasteiger partial charge is 0.222 e. The fraction of sp³-hybridized carbons (Fsp3) is 0.567. The first kappa shape index (κ1) is 24.5. The molecule has 3 saturated heterocycles. The number of carbonyl (C=O) groups is 1. The van der Waals surface area contributed by atoms with E-state index in [0.29, 0.717) is 24.3 Å². The summed E-state index contributed by atoms with van der Waals surface area (Å²) in [4.78, 5) is 20.1. The average Bonchev–Trinajstić information content (AvgIpc) is 2.88. The van der Waals surface area contributed by atoms with Crippen LogP contribution in [0, 0.1) is 18.8 Å². The highest BCUT2D eigenvalue weighted by Crippen LogP contribution is 2.31. The zero-order valence-electron chi connectivity index (χ0n) is 21.4. The van der Waals surface area contributed by atoms with Crippen molar-refractivity contribution in [3.63, 3.8) is 0 Å². The third-order valence-corrected chi connectivity index (χ3v) is 8.29. The van der Waals surface area contributed by atoms with Crippen molar-refractivity contribution in [2.75, 3.05) is 45.8 Å². The summed E-state index contributed by atoms with van der Waals surface area (Å²) in [7, 11) is 0. The number of piperidine rings is 2. The molecule has 1 N–H and O–H groups in total. The van der Waals surface area contributed by atoms with Crippen LogP contribution in [-0.2, 0) is 17.9 Å². The van der Waals surface area contributed by atoms with Crippen LogP contribution < -0.4 is 5.32 Å². The van der Waals surface area contributed by atoms with Crippen molar-refractivity contribution in [1.82, 2.24) is 20.0 Å². The van der Waals surface area contributed by atoms with E-state index in [0.717, 1.165) is 64.6 Å². The fourth-order valence-electron chi connectivity index (χ4n) is 6.32. The summed E-state index contributed by atoms with van der Waals surface area (Å²) < 4.78 is 0. The minimum absolute atomic E-state index is 0.350. The number of hydrogen-bond acceptors (Lipinski definition) is 4. The lowest BCUT2D eigenvalue weighted by atomic mass is 9.79. The quantitative estimate of drug-likeness (QED) is 0.630. The third-order valence-electron chi connectivity index (χ3n) is 8.29. The Balaban J connectivity index is 1.02. The molecule has 0 aliphatic carbocycles. The molecule has 188 valence electrons. The van der Waals surface area contributed by atoms with E-state index in [4.69, 9.17) is 0 Å². The Morgan fingerprint density at radius 3 is 2.37 bits per heavy atom. The first-order valence-electron chi connectivity index (χ1n) is 13.7. The highest BCUT2D eigenvalue weighted by molar-refractivity contribution is 5.76. The van der Waals surface area contributed by atoms with Gasteiger partial charge < -0.3 is 10.2 Å². The summed E-state index contributed by atoms with van der Waals surface area (Å²) in [5, 5.41) is 3.83. The molecule has 2 aromatic rings. The number of amides is 1. The van der Waals surface area contributed by atoms with Crippen LogP contribution in [-0.4, -0.2) is 72.5 Å². The molecule has 0 saturated carbocycles. The molecule has 5 rings (SSSR count). The maximum absolute atomic E-state index is 12.9. The fourth-order valence-corrected chi connectivity index (χ4v) is 6.32. The topological polar surface area (TPSA) is 38.8 Å². The molecule has 3 heterocycles. The Bertz CT molecular complexity index is 939. The molecule has 3 aliphatic heterocycles. The molecule has 3 aliphatic rings. The van der Waals surface area contributed by atoms with Crippen molar-refractivity contribution >= 4 is 5.91 Å². The summed E-state index contributed by atoms with van der Waals surface area (Å²) in [5.74, 6) is 1.83. The summed E-state index contributed by atoms with van der Waals surface area (Å²) in [6, 6.07) is 20.3. The maximum Gasteiger partial charge on any atom is 0.222 e. The molecular formula is C30H42N4O. The minimum atomic E-state index is 0.350. The Morgan fingerprint density at radius 1 is 0.886 bits per heavy atom. The SMILES string of the molecule is Cc1ccc(CN2CCN(C(=O)CCC[C@H]3NCC4CC3CN(Cc3ccccc3)C4)CC2)cc1. The second kappa shape index (κ2) is 11.7. The van der Waals surface area contributed by atoms with E-state index in [1.807, 2.05) is 0 Å². The Labute approximate surface area is 211 Å². The largest absolute Gasteiger partial charge is 0.340 e. The average molecular weight is 475 g/mol. The molecule has 35 heavy (non-hydrogen) atoms. The van der Waals surface area contributed by atoms with Gasteiger partial charge in [-0.3, -0.25) is 14.6 Å². The zero-order chi connectivity index (χ0) is 24.0. The van der Waals surface area contributed by atoms with Crippen LogP contribution in [0.3, 0.4) is 0 Å². The minimum Gasteiger partial charge on any atom is -0.340 e. The van der Waals surface area contributed by atoms with Crippen LogP contribution in [0.5, 0.6) is 0 Å². The first-order valence-corrected chi connectivity index (χ1v) is 13.7. The number of carbonyl (C=O) groups excluding carboxylic acids is 1. The molecule has 5 nitrogen and oxygen atoms in total.